The Labute approximate surface area is 181 Å². The van der Waals surface area contributed by atoms with Crippen LogP contribution in [0.1, 0.15) is 42.1 Å². The Morgan fingerprint density at radius 2 is 1.87 bits per heavy atom. The number of hydrogen-bond donors (Lipinski definition) is 2. The molecule has 1 amide bonds. The fraction of sp³-hybridized carbons (Fsp3) is 0.409. The maximum Gasteiger partial charge on any atom is 0.339 e. The summed E-state index contributed by atoms with van der Waals surface area (Å²) in [4.78, 5) is 32.4. The number of pyridine rings is 1. The van der Waals surface area contributed by atoms with Crippen molar-refractivity contribution in [1.29, 1.82) is 0 Å². The third-order valence-corrected chi connectivity index (χ3v) is 5.46. The number of halogens is 1. The van der Waals surface area contributed by atoms with Crippen LogP contribution in [0.4, 0.5) is 17.2 Å². The number of carbonyl (C=O) groups is 2. The SMILES string of the molecule is CCCCC(=O)Nc1cnc(N2CCN(c3cc(Cl)ccc3C)CC2)c(C(=O)O)c1. The van der Waals surface area contributed by atoms with Crippen molar-refractivity contribution < 1.29 is 14.7 Å². The number of unbranched alkanes of at least 4 members (excludes halogenated alkanes) is 1. The molecule has 0 saturated carbocycles. The highest BCUT2D eigenvalue weighted by Crippen LogP contribution is 2.28. The molecule has 1 aromatic heterocycles. The molecule has 1 aromatic carbocycles. The minimum absolute atomic E-state index is 0.0932. The van der Waals surface area contributed by atoms with Gasteiger partial charge in [-0.05, 0) is 37.1 Å². The van der Waals surface area contributed by atoms with Crippen LogP contribution in [-0.4, -0.2) is 48.1 Å². The van der Waals surface area contributed by atoms with E-state index in [9.17, 15) is 14.7 Å². The van der Waals surface area contributed by atoms with Crippen LogP contribution < -0.4 is 15.1 Å². The highest BCUT2D eigenvalue weighted by Gasteiger charge is 2.24. The number of carbonyl (C=O) groups excluding carboxylic acids is 1. The number of nitrogens with zero attached hydrogens (tertiary/aromatic N) is 3. The molecule has 8 heteroatoms. The first kappa shape index (κ1) is 21.9. The van der Waals surface area contributed by atoms with Crippen LogP contribution in [0.2, 0.25) is 5.02 Å². The summed E-state index contributed by atoms with van der Waals surface area (Å²) in [5, 5.41) is 13.1. The fourth-order valence-corrected chi connectivity index (χ4v) is 3.74. The van der Waals surface area contributed by atoms with Crippen molar-refractivity contribution in [3.63, 3.8) is 0 Å². The average Bonchev–Trinajstić information content (AvgIpc) is 2.74. The van der Waals surface area contributed by atoms with Gasteiger partial charge < -0.3 is 20.2 Å². The van der Waals surface area contributed by atoms with Crippen LogP contribution in [0.5, 0.6) is 0 Å². The molecule has 1 aliphatic rings. The fourth-order valence-electron chi connectivity index (χ4n) is 3.58. The summed E-state index contributed by atoms with van der Waals surface area (Å²) < 4.78 is 0. The van der Waals surface area contributed by atoms with Crippen molar-refractivity contribution in [3.05, 3.63) is 46.6 Å². The van der Waals surface area contributed by atoms with Crippen molar-refractivity contribution in [2.24, 2.45) is 0 Å². The molecule has 0 radical (unpaired) electrons. The number of nitrogens with one attached hydrogen (secondary N) is 1. The summed E-state index contributed by atoms with van der Waals surface area (Å²) in [7, 11) is 0. The number of rotatable bonds is 7. The van der Waals surface area contributed by atoms with E-state index in [1.807, 2.05) is 30.0 Å². The Bertz CT molecular complexity index is 927. The molecule has 2 heterocycles. The van der Waals surface area contributed by atoms with E-state index in [-0.39, 0.29) is 11.5 Å². The lowest BCUT2D eigenvalue weighted by molar-refractivity contribution is -0.116. The third kappa shape index (κ3) is 5.21. The zero-order valence-corrected chi connectivity index (χ0v) is 18.1. The molecular weight excluding hydrogens is 404 g/mol. The number of carboxylic acids is 1. The normalized spacial score (nSPS) is 14.0. The molecular formula is C22H27ClN4O3. The van der Waals surface area contributed by atoms with Crippen LogP contribution in [0, 0.1) is 6.92 Å². The smallest absolute Gasteiger partial charge is 0.339 e. The zero-order chi connectivity index (χ0) is 21.7. The number of carboxylic acid groups (broad SMARTS) is 1. The van der Waals surface area contributed by atoms with Gasteiger partial charge in [0.1, 0.15) is 11.4 Å². The number of piperazine rings is 1. The molecule has 1 fully saturated rings. The van der Waals surface area contributed by atoms with Crippen molar-refractivity contribution in [2.75, 3.05) is 41.3 Å². The molecule has 3 rings (SSSR count). The Morgan fingerprint density at radius 3 is 2.53 bits per heavy atom. The van der Waals surface area contributed by atoms with E-state index in [0.29, 0.717) is 36.0 Å². The summed E-state index contributed by atoms with van der Waals surface area (Å²) >= 11 is 6.15. The number of amides is 1. The molecule has 0 atom stereocenters. The molecule has 30 heavy (non-hydrogen) atoms. The highest BCUT2D eigenvalue weighted by atomic mass is 35.5. The minimum atomic E-state index is -1.06. The lowest BCUT2D eigenvalue weighted by atomic mass is 10.1. The second-order valence-corrected chi connectivity index (χ2v) is 7.89. The van der Waals surface area contributed by atoms with Gasteiger partial charge in [0.25, 0.3) is 0 Å². The van der Waals surface area contributed by atoms with Gasteiger partial charge in [-0.3, -0.25) is 4.79 Å². The summed E-state index contributed by atoms with van der Waals surface area (Å²) in [5.41, 5.74) is 2.75. The number of aromatic carboxylic acids is 1. The predicted molar refractivity (Wildman–Crippen MR) is 120 cm³/mol. The minimum Gasteiger partial charge on any atom is -0.478 e. The molecule has 2 aromatic rings. The Kier molecular flexibility index (Phi) is 7.15. The zero-order valence-electron chi connectivity index (χ0n) is 17.3. The van der Waals surface area contributed by atoms with Crippen molar-refractivity contribution in [1.82, 2.24) is 4.98 Å². The maximum atomic E-state index is 11.9. The molecule has 1 aliphatic heterocycles. The van der Waals surface area contributed by atoms with E-state index >= 15 is 0 Å². The maximum absolute atomic E-state index is 11.9. The molecule has 0 bridgehead atoms. The first-order valence-electron chi connectivity index (χ1n) is 10.2. The molecule has 1 saturated heterocycles. The summed E-state index contributed by atoms with van der Waals surface area (Å²) in [6.07, 6.45) is 3.65. The molecule has 0 unspecified atom stereocenters. The van der Waals surface area contributed by atoms with Crippen LogP contribution in [0.25, 0.3) is 0 Å². The lowest BCUT2D eigenvalue weighted by Crippen LogP contribution is -2.47. The van der Waals surface area contributed by atoms with Crippen LogP contribution in [-0.2, 0) is 4.79 Å². The largest absolute Gasteiger partial charge is 0.478 e. The second kappa shape index (κ2) is 9.80. The van der Waals surface area contributed by atoms with Gasteiger partial charge in [-0.15, -0.1) is 0 Å². The number of benzene rings is 1. The van der Waals surface area contributed by atoms with E-state index in [2.05, 4.69) is 22.1 Å². The van der Waals surface area contributed by atoms with Crippen LogP contribution >= 0.6 is 11.6 Å². The molecule has 0 aliphatic carbocycles. The Hall–Kier alpha value is -2.80. The van der Waals surface area contributed by atoms with Gasteiger partial charge >= 0.3 is 5.97 Å². The number of anilines is 3. The van der Waals surface area contributed by atoms with Gasteiger partial charge in [0.2, 0.25) is 5.91 Å². The first-order chi connectivity index (χ1) is 14.4. The molecule has 160 valence electrons. The topological polar surface area (TPSA) is 85.8 Å². The summed E-state index contributed by atoms with van der Waals surface area (Å²) in [6.45, 7) is 6.81. The lowest BCUT2D eigenvalue weighted by Gasteiger charge is -2.37. The van der Waals surface area contributed by atoms with E-state index in [1.54, 1.807) is 0 Å². The van der Waals surface area contributed by atoms with Crippen molar-refractivity contribution >= 4 is 40.7 Å². The Balaban J connectivity index is 1.72. The molecule has 2 N–H and O–H groups in total. The van der Waals surface area contributed by atoms with Crippen LogP contribution in [0.3, 0.4) is 0 Å². The van der Waals surface area contributed by atoms with E-state index in [0.717, 1.165) is 37.2 Å². The average molecular weight is 431 g/mol. The third-order valence-electron chi connectivity index (χ3n) is 5.23. The number of hydrogen-bond acceptors (Lipinski definition) is 5. The van der Waals surface area contributed by atoms with Gasteiger partial charge in [0.15, 0.2) is 0 Å². The number of aryl methyl sites for hydroxylation is 1. The predicted octanol–water partition coefficient (Wildman–Crippen LogP) is 4.20. The van der Waals surface area contributed by atoms with Crippen molar-refractivity contribution in [2.45, 2.75) is 33.1 Å². The molecule has 0 spiro atoms. The molecule has 7 nitrogen and oxygen atoms in total. The van der Waals surface area contributed by atoms with Gasteiger partial charge in [-0.25, -0.2) is 9.78 Å². The van der Waals surface area contributed by atoms with Gasteiger partial charge in [0.05, 0.1) is 11.9 Å². The first-order valence-corrected chi connectivity index (χ1v) is 10.6. The van der Waals surface area contributed by atoms with E-state index in [1.165, 1.54) is 12.3 Å². The summed E-state index contributed by atoms with van der Waals surface area (Å²) in [6, 6.07) is 7.33. The monoisotopic (exact) mass is 430 g/mol. The summed E-state index contributed by atoms with van der Waals surface area (Å²) in [5.74, 6) is -0.764. The number of aromatic nitrogens is 1. The van der Waals surface area contributed by atoms with Crippen molar-refractivity contribution in [3.8, 4) is 0 Å². The van der Waals surface area contributed by atoms with Crippen LogP contribution in [0.15, 0.2) is 30.5 Å². The quantitative estimate of drug-likeness (QED) is 0.684. The van der Waals surface area contributed by atoms with Gasteiger partial charge in [-0.1, -0.05) is 31.0 Å². The van der Waals surface area contributed by atoms with Gasteiger partial charge in [-0.2, -0.15) is 0 Å². The van der Waals surface area contributed by atoms with Gasteiger partial charge in [0, 0.05) is 43.3 Å². The Morgan fingerprint density at radius 1 is 1.17 bits per heavy atom. The van der Waals surface area contributed by atoms with E-state index < -0.39 is 5.97 Å². The second-order valence-electron chi connectivity index (χ2n) is 7.46. The highest BCUT2D eigenvalue weighted by molar-refractivity contribution is 6.30. The standard InChI is InChI=1S/C22H27ClN4O3/c1-3-4-5-20(28)25-17-13-18(22(29)30)21(24-14-17)27-10-8-26(9-11-27)19-12-16(23)7-6-15(19)2/h6-7,12-14H,3-5,8-11H2,1-2H3,(H,25,28)(H,29,30). The van der Waals surface area contributed by atoms with E-state index in [4.69, 9.17) is 11.6 Å².